The summed E-state index contributed by atoms with van der Waals surface area (Å²) in [5.41, 5.74) is 0. The summed E-state index contributed by atoms with van der Waals surface area (Å²) in [7, 11) is 1.26. The molecule has 0 fully saturated rings. The molecule has 0 spiro atoms. The van der Waals surface area contributed by atoms with E-state index in [4.69, 9.17) is 14.3 Å². The summed E-state index contributed by atoms with van der Waals surface area (Å²) in [4.78, 5) is 28.5. The van der Waals surface area contributed by atoms with E-state index in [2.05, 4.69) is 11.7 Å². The first-order valence-corrected chi connectivity index (χ1v) is 15.3. The van der Waals surface area contributed by atoms with Crippen LogP contribution in [0.15, 0.2) is 30.6 Å². The first-order chi connectivity index (χ1) is 19.2. The number of hydrogen-bond donors (Lipinski definition) is 0. The van der Waals surface area contributed by atoms with E-state index in [1.807, 2.05) is 35.2 Å². The van der Waals surface area contributed by atoms with Gasteiger partial charge in [0.1, 0.15) is 13.2 Å². The predicted octanol–water partition coefficient (Wildman–Crippen LogP) is 3.80. The highest BCUT2D eigenvalue weighted by molar-refractivity contribution is 5.59. The van der Waals surface area contributed by atoms with Crippen LogP contribution < -0.4 is 17.0 Å². The van der Waals surface area contributed by atoms with Gasteiger partial charge < -0.3 is 26.6 Å². The molecule has 0 saturated heterocycles. The number of hydrogen-bond acceptors (Lipinski definition) is 6. The molecule has 0 aliphatic carbocycles. The lowest BCUT2D eigenvalue weighted by Crippen LogP contribution is -3.00. The molecule has 0 aliphatic heterocycles. The topological polar surface area (TPSA) is 78.2 Å². The van der Waals surface area contributed by atoms with Gasteiger partial charge in [-0.3, -0.25) is 9.63 Å². The third-order valence-electron chi connectivity index (χ3n) is 6.78. The van der Waals surface area contributed by atoms with Crippen molar-refractivity contribution >= 4 is 12.6 Å². The zero-order valence-corrected chi connectivity index (χ0v) is 25.9. The van der Waals surface area contributed by atoms with Gasteiger partial charge in [0.25, 0.3) is 0 Å². The normalized spacial score (nSPS) is 11.4. The number of halogens is 1. The first kappa shape index (κ1) is 38.1. The Morgan fingerprint density at radius 2 is 1.32 bits per heavy atom. The molecule has 1 aromatic heterocycles. The fourth-order valence-corrected chi connectivity index (χ4v) is 4.39. The molecule has 1 unspecified atom stereocenters. The molecule has 0 saturated carbocycles. The van der Waals surface area contributed by atoms with E-state index < -0.39 is 12.3 Å². The summed E-state index contributed by atoms with van der Waals surface area (Å²) >= 11 is 0. The Labute approximate surface area is 249 Å². The second-order valence-electron chi connectivity index (χ2n) is 10.2. The molecule has 9 heteroatoms. The number of aromatic nitrogens is 1. The van der Waals surface area contributed by atoms with Crippen LogP contribution in [0, 0.1) is 0 Å². The van der Waals surface area contributed by atoms with Crippen molar-refractivity contribution < 1.29 is 45.6 Å². The van der Waals surface area contributed by atoms with Gasteiger partial charge in [-0.05, 0) is 6.42 Å². The van der Waals surface area contributed by atoms with Gasteiger partial charge in [-0.1, -0.05) is 109 Å². The van der Waals surface area contributed by atoms with E-state index in [0.717, 1.165) is 12.8 Å². The van der Waals surface area contributed by atoms with Gasteiger partial charge in [0, 0.05) is 18.7 Å². The average molecular weight is 587 g/mol. The van der Waals surface area contributed by atoms with Gasteiger partial charge in [0.15, 0.2) is 25.0 Å². The van der Waals surface area contributed by atoms with Crippen LogP contribution in [0.4, 0.5) is 4.79 Å². The summed E-state index contributed by atoms with van der Waals surface area (Å²) in [6, 6.07) is 5.77. The zero-order chi connectivity index (χ0) is 28.2. The fraction of sp³-hybridized carbons (Fsp3) is 0.774. The number of carbonyl (C=O) groups excluding carboxylic acids is 2. The Bertz CT molecular complexity index is 698. The lowest BCUT2D eigenvalue weighted by Gasteiger charge is -2.21. The molecule has 1 atom stereocenters. The third-order valence-corrected chi connectivity index (χ3v) is 6.78. The molecule has 0 aliphatic rings. The second-order valence-corrected chi connectivity index (χ2v) is 10.2. The highest BCUT2D eigenvalue weighted by atomic mass is 35.5. The molecule has 40 heavy (non-hydrogen) atoms. The smallest absolute Gasteiger partial charge is 0.508 e. The number of rotatable bonds is 27. The standard InChI is InChI=1S/C31H55N2O6.ClH/c1-3-4-5-6-7-8-9-10-11-12-13-14-15-16-17-21-26-37-27-30(39-31(35)36-2)28-38-33(29-34)25-24-32-22-19-18-20-23-32;/h18-20,22-23,29-30H,3-17,21,24-28H2,1-2H3;1H/q+1;/p-1. The van der Waals surface area contributed by atoms with Crippen LogP contribution in [0.3, 0.4) is 0 Å². The summed E-state index contributed by atoms with van der Waals surface area (Å²) in [5, 5.41) is 1.20. The van der Waals surface area contributed by atoms with Crippen molar-refractivity contribution in [3.05, 3.63) is 30.6 Å². The lowest BCUT2D eigenvalue weighted by molar-refractivity contribution is -0.697. The number of amides is 1. The first-order valence-electron chi connectivity index (χ1n) is 15.3. The van der Waals surface area contributed by atoms with Gasteiger partial charge in [0.2, 0.25) is 6.41 Å². The zero-order valence-electron chi connectivity index (χ0n) is 25.1. The molecular formula is C31H55ClN2O6. The van der Waals surface area contributed by atoms with Crippen molar-refractivity contribution in [1.29, 1.82) is 0 Å². The quantitative estimate of drug-likeness (QED) is 0.0513. The summed E-state index contributed by atoms with van der Waals surface area (Å²) < 4.78 is 17.5. The van der Waals surface area contributed by atoms with Crippen LogP contribution in [-0.2, 0) is 30.4 Å². The molecule has 0 N–H and O–H groups in total. The number of methoxy groups -OCH3 is 1. The maximum absolute atomic E-state index is 11.6. The molecule has 0 aromatic carbocycles. The summed E-state index contributed by atoms with van der Waals surface area (Å²) in [6.07, 6.45) is 24.2. The van der Waals surface area contributed by atoms with Gasteiger partial charge >= 0.3 is 6.16 Å². The minimum Gasteiger partial charge on any atom is -1.00 e. The SMILES string of the molecule is CCCCCCCCCCCCCCCCCCOCC(CON(C=O)CC[n+]1ccccc1)OC(=O)OC.[Cl-]. The van der Waals surface area contributed by atoms with Crippen LogP contribution in [0.25, 0.3) is 0 Å². The molecule has 0 radical (unpaired) electrons. The molecular weight excluding hydrogens is 532 g/mol. The van der Waals surface area contributed by atoms with Gasteiger partial charge in [-0.2, -0.15) is 0 Å². The minimum absolute atomic E-state index is 0. The van der Waals surface area contributed by atoms with E-state index in [1.165, 1.54) is 102 Å². The lowest BCUT2D eigenvalue weighted by atomic mass is 10.0. The van der Waals surface area contributed by atoms with E-state index in [0.29, 0.717) is 26.1 Å². The molecule has 1 heterocycles. The van der Waals surface area contributed by atoms with E-state index in [9.17, 15) is 9.59 Å². The largest absolute Gasteiger partial charge is 1.00 e. The molecule has 1 aromatic rings. The number of pyridine rings is 1. The van der Waals surface area contributed by atoms with Crippen molar-refractivity contribution in [1.82, 2.24) is 5.06 Å². The monoisotopic (exact) mass is 586 g/mol. The van der Waals surface area contributed by atoms with Crippen molar-refractivity contribution in [2.24, 2.45) is 0 Å². The van der Waals surface area contributed by atoms with Gasteiger partial charge in [-0.25, -0.2) is 14.4 Å². The highest BCUT2D eigenvalue weighted by Crippen LogP contribution is 2.13. The number of carbonyl (C=O) groups is 2. The number of ether oxygens (including phenoxy) is 3. The third kappa shape index (κ3) is 22.9. The highest BCUT2D eigenvalue weighted by Gasteiger charge is 2.18. The van der Waals surface area contributed by atoms with Crippen LogP contribution in [0.5, 0.6) is 0 Å². The molecule has 1 rings (SSSR count). The number of unbranched alkanes of at least 4 members (excludes halogenated alkanes) is 15. The predicted molar refractivity (Wildman–Crippen MR) is 153 cm³/mol. The van der Waals surface area contributed by atoms with Crippen molar-refractivity contribution in [3.63, 3.8) is 0 Å². The van der Waals surface area contributed by atoms with Gasteiger partial charge in [0.05, 0.1) is 13.7 Å². The van der Waals surface area contributed by atoms with Crippen molar-refractivity contribution in [2.45, 2.75) is 122 Å². The van der Waals surface area contributed by atoms with Gasteiger partial charge in [-0.15, -0.1) is 0 Å². The van der Waals surface area contributed by atoms with Crippen LogP contribution in [-0.4, -0.2) is 57.2 Å². The number of nitrogens with zero attached hydrogens (tertiary/aromatic N) is 2. The van der Waals surface area contributed by atoms with E-state index in [-0.39, 0.29) is 25.6 Å². The molecule has 232 valence electrons. The van der Waals surface area contributed by atoms with Crippen LogP contribution >= 0.6 is 0 Å². The molecule has 0 bridgehead atoms. The molecule has 8 nitrogen and oxygen atoms in total. The van der Waals surface area contributed by atoms with Crippen LogP contribution in [0.2, 0.25) is 0 Å². The Hall–Kier alpha value is -1.90. The van der Waals surface area contributed by atoms with E-state index in [1.54, 1.807) is 0 Å². The summed E-state index contributed by atoms with van der Waals surface area (Å²) in [6.45, 7) is 4.01. The average Bonchev–Trinajstić information content (AvgIpc) is 2.96. The fourth-order valence-electron chi connectivity index (χ4n) is 4.39. The Kier molecular flexibility index (Phi) is 27.3. The van der Waals surface area contributed by atoms with Crippen molar-refractivity contribution in [3.8, 4) is 0 Å². The second kappa shape index (κ2) is 28.6. The molecule has 1 amide bonds. The Morgan fingerprint density at radius 1 is 0.800 bits per heavy atom. The maximum Gasteiger partial charge on any atom is 0.508 e. The van der Waals surface area contributed by atoms with E-state index >= 15 is 0 Å². The summed E-state index contributed by atoms with van der Waals surface area (Å²) in [5.74, 6) is 0. The Morgan fingerprint density at radius 3 is 1.82 bits per heavy atom. The Balaban J connectivity index is 0.0000152. The number of hydroxylamine groups is 2. The minimum atomic E-state index is -0.799. The maximum atomic E-state index is 11.6. The van der Waals surface area contributed by atoms with Crippen LogP contribution in [0.1, 0.15) is 110 Å². The van der Waals surface area contributed by atoms with Crippen molar-refractivity contribution in [2.75, 3.05) is 33.5 Å².